The van der Waals surface area contributed by atoms with E-state index in [0.717, 1.165) is 54.5 Å². The molecule has 1 atom stereocenters. The van der Waals surface area contributed by atoms with E-state index in [9.17, 15) is 14.4 Å². The van der Waals surface area contributed by atoms with Gasteiger partial charge in [-0.3, -0.25) is 9.59 Å². The summed E-state index contributed by atoms with van der Waals surface area (Å²) in [5.74, 6) is -0.200. The number of thiophene rings is 1. The van der Waals surface area contributed by atoms with Crippen LogP contribution in [0.5, 0.6) is 0 Å². The second-order valence-electron chi connectivity index (χ2n) is 10.2. The molecule has 3 aromatic heterocycles. The largest absolute Gasteiger partial charge is 0.462 e. The van der Waals surface area contributed by atoms with E-state index in [1.165, 1.54) is 29.4 Å². The minimum absolute atomic E-state index is 0.145. The van der Waals surface area contributed by atoms with E-state index in [4.69, 9.17) is 9.15 Å². The molecular formula is C31H35N5O5S2. The number of hydrogen-bond acceptors (Lipinski definition) is 9. The van der Waals surface area contributed by atoms with Crippen LogP contribution >= 0.6 is 23.1 Å². The van der Waals surface area contributed by atoms with E-state index in [-0.39, 0.29) is 36.7 Å². The van der Waals surface area contributed by atoms with Crippen LogP contribution in [-0.2, 0) is 41.9 Å². The first-order valence-electron chi connectivity index (χ1n) is 14.5. The number of aromatic nitrogens is 3. The fourth-order valence-corrected chi connectivity index (χ4v) is 7.15. The van der Waals surface area contributed by atoms with Crippen LogP contribution < -0.4 is 10.6 Å². The molecule has 4 aromatic rings. The summed E-state index contributed by atoms with van der Waals surface area (Å²) in [4.78, 5) is 40.0. The van der Waals surface area contributed by atoms with Crippen LogP contribution in [0.4, 0.5) is 5.00 Å². The van der Waals surface area contributed by atoms with E-state index < -0.39 is 5.25 Å². The maximum Gasteiger partial charge on any atom is 0.341 e. The van der Waals surface area contributed by atoms with Gasteiger partial charge in [0.15, 0.2) is 16.7 Å². The smallest absolute Gasteiger partial charge is 0.341 e. The monoisotopic (exact) mass is 621 g/mol. The number of amides is 2. The molecule has 226 valence electrons. The number of ether oxygens (including phenoxy) is 1. The van der Waals surface area contributed by atoms with Crippen LogP contribution in [0, 0.1) is 0 Å². The van der Waals surface area contributed by atoms with Crippen molar-refractivity contribution in [2.45, 2.75) is 75.9 Å². The number of fused-ring (bicyclic) bond motifs is 1. The van der Waals surface area contributed by atoms with Gasteiger partial charge in [0.2, 0.25) is 5.91 Å². The zero-order chi connectivity index (χ0) is 30.2. The van der Waals surface area contributed by atoms with Crippen LogP contribution in [0.1, 0.15) is 75.9 Å². The van der Waals surface area contributed by atoms with E-state index in [0.29, 0.717) is 28.1 Å². The summed E-state index contributed by atoms with van der Waals surface area (Å²) < 4.78 is 12.5. The molecule has 0 fully saturated rings. The number of benzene rings is 1. The molecule has 1 aromatic carbocycles. The molecule has 2 N–H and O–H groups in total. The third kappa shape index (κ3) is 7.55. The maximum atomic E-state index is 13.5. The third-order valence-electron chi connectivity index (χ3n) is 7.20. The number of furan rings is 1. The predicted octanol–water partition coefficient (Wildman–Crippen LogP) is 5.67. The summed E-state index contributed by atoms with van der Waals surface area (Å²) in [5, 5.41) is 15.2. The Balaban J connectivity index is 1.32. The highest BCUT2D eigenvalue weighted by Gasteiger charge is 2.28. The normalized spacial score (nSPS) is 13.5. The molecular weight excluding hydrogens is 587 g/mol. The topological polar surface area (TPSA) is 128 Å². The third-order valence-corrected chi connectivity index (χ3v) is 9.49. The zero-order valence-corrected chi connectivity index (χ0v) is 25.9. The summed E-state index contributed by atoms with van der Waals surface area (Å²) >= 11 is 2.76. The molecule has 3 heterocycles. The van der Waals surface area contributed by atoms with Crippen molar-refractivity contribution in [1.29, 1.82) is 0 Å². The highest BCUT2D eigenvalue weighted by atomic mass is 32.2. The number of thioether (sulfide) groups is 1. The summed E-state index contributed by atoms with van der Waals surface area (Å²) in [7, 11) is 0. The van der Waals surface area contributed by atoms with Gasteiger partial charge in [-0.1, -0.05) is 48.5 Å². The molecule has 12 heteroatoms. The van der Waals surface area contributed by atoms with Gasteiger partial charge < -0.3 is 24.4 Å². The number of anilines is 1. The molecule has 5 rings (SSSR count). The Hall–Kier alpha value is -3.90. The first-order valence-corrected chi connectivity index (χ1v) is 16.2. The van der Waals surface area contributed by atoms with Crippen LogP contribution in [-0.4, -0.2) is 44.4 Å². The molecule has 0 saturated heterocycles. The molecule has 0 bridgehead atoms. The lowest BCUT2D eigenvalue weighted by Crippen LogP contribution is -2.25. The number of aryl methyl sites for hydroxylation is 2. The van der Waals surface area contributed by atoms with Gasteiger partial charge in [0, 0.05) is 11.4 Å². The molecule has 0 radical (unpaired) electrons. The first kappa shape index (κ1) is 30.6. The highest BCUT2D eigenvalue weighted by Crippen LogP contribution is 2.38. The van der Waals surface area contributed by atoms with Crippen LogP contribution in [0.25, 0.3) is 0 Å². The predicted molar refractivity (Wildman–Crippen MR) is 166 cm³/mol. The Morgan fingerprint density at radius 3 is 2.67 bits per heavy atom. The maximum absolute atomic E-state index is 13.5. The number of nitrogens with zero attached hydrogens (tertiary/aromatic N) is 3. The summed E-state index contributed by atoms with van der Waals surface area (Å²) in [6.07, 6.45) is 7.08. The van der Waals surface area contributed by atoms with Crippen molar-refractivity contribution in [3.05, 3.63) is 81.9 Å². The SMILES string of the molecule is CCOC(=O)c1c(NC(=O)[C@@H](C)Sc2nnc(CNC(=O)c3ccco3)n2CCc2ccccc2)sc2c1CCCCC2. The van der Waals surface area contributed by atoms with Gasteiger partial charge in [-0.15, -0.1) is 21.5 Å². The lowest BCUT2D eigenvalue weighted by Gasteiger charge is -2.14. The average Bonchev–Trinajstić information content (AvgIpc) is 3.72. The van der Waals surface area contributed by atoms with Crippen molar-refractivity contribution < 1.29 is 23.5 Å². The molecule has 1 aliphatic carbocycles. The van der Waals surface area contributed by atoms with Gasteiger partial charge >= 0.3 is 5.97 Å². The number of hydrogen-bond donors (Lipinski definition) is 2. The van der Waals surface area contributed by atoms with Gasteiger partial charge in [0.1, 0.15) is 5.00 Å². The van der Waals surface area contributed by atoms with E-state index >= 15 is 0 Å². The molecule has 0 saturated carbocycles. The van der Waals surface area contributed by atoms with Crippen molar-refractivity contribution in [1.82, 2.24) is 20.1 Å². The fraction of sp³-hybridized carbons (Fsp3) is 0.387. The minimum atomic E-state index is -0.540. The molecule has 43 heavy (non-hydrogen) atoms. The Morgan fingerprint density at radius 1 is 1.09 bits per heavy atom. The number of esters is 1. The quantitative estimate of drug-likeness (QED) is 0.118. The Labute approximate surface area is 258 Å². The Bertz CT molecular complexity index is 1550. The summed E-state index contributed by atoms with van der Waals surface area (Å²) in [6.45, 7) is 4.56. The number of nitrogens with one attached hydrogen (secondary N) is 2. The molecule has 0 spiro atoms. The minimum Gasteiger partial charge on any atom is -0.462 e. The second kappa shape index (κ2) is 14.5. The first-order chi connectivity index (χ1) is 20.9. The van der Waals surface area contributed by atoms with Gasteiger partial charge in [-0.2, -0.15) is 0 Å². The van der Waals surface area contributed by atoms with Crippen molar-refractivity contribution >= 4 is 45.9 Å². The van der Waals surface area contributed by atoms with E-state index in [1.54, 1.807) is 26.0 Å². The summed E-state index contributed by atoms with van der Waals surface area (Å²) in [6, 6.07) is 13.3. The van der Waals surface area contributed by atoms with E-state index in [1.807, 2.05) is 22.8 Å². The molecule has 1 aliphatic rings. The second-order valence-corrected chi connectivity index (χ2v) is 12.6. The lowest BCUT2D eigenvalue weighted by atomic mass is 10.1. The van der Waals surface area contributed by atoms with Gasteiger partial charge in [0.25, 0.3) is 5.91 Å². The molecule has 2 amide bonds. The van der Waals surface area contributed by atoms with Crippen LogP contribution in [0.2, 0.25) is 0 Å². The van der Waals surface area contributed by atoms with Crippen LogP contribution in [0.15, 0.2) is 58.3 Å². The lowest BCUT2D eigenvalue weighted by molar-refractivity contribution is -0.115. The van der Waals surface area contributed by atoms with Crippen molar-refractivity contribution in [3.8, 4) is 0 Å². The Kier molecular flexibility index (Phi) is 10.3. The highest BCUT2D eigenvalue weighted by molar-refractivity contribution is 8.00. The van der Waals surface area contributed by atoms with Crippen LogP contribution in [0.3, 0.4) is 0 Å². The van der Waals surface area contributed by atoms with Gasteiger partial charge in [-0.25, -0.2) is 4.79 Å². The number of carbonyl (C=O) groups is 3. The molecule has 0 aliphatic heterocycles. The van der Waals surface area contributed by atoms with E-state index in [2.05, 4.69) is 33.0 Å². The van der Waals surface area contributed by atoms with Crippen molar-refractivity contribution in [3.63, 3.8) is 0 Å². The number of carbonyl (C=O) groups excluding carboxylic acids is 3. The number of rotatable bonds is 12. The average molecular weight is 622 g/mol. The molecule has 10 nitrogen and oxygen atoms in total. The fourth-order valence-electron chi connectivity index (χ4n) is 4.98. The van der Waals surface area contributed by atoms with Gasteiger partial charge in [0.05, 0.1) is 30.2 Å². The molecule has 0 unspecified atom stereocenters. The Morgan fingerprint density at radius 2 is 1.91 bits per heavy atom. The summed E-state index contributed by atoms with van der Waals surface area (Å²) in [5.41, 5.74) is 2.65. The zero-order valence-electron chi connectivity index (χ0n) is 24.3. The van der Waals surface area contributed by atoms with Gasteiger partial charge in [-0.05, 0) is 69.2 Å². The van der Waals surface area contributed by atoms with Crippen molar-refractivity contribution in [2.24, 2.45) is 0 Å². The standard InChI is InChI=1S/C31H35N5O5S2/c1-3-40-30(39)26-22-13-8-5-9-15-24(22)43-29(26)33-27(37)20(2)42-31-35-34-25(19-32-28(38)23-14-10-18-41-23)36(31)17-16-21-11-6-4-7-12-21/h4,6-7,10-12,14,18,20H,3,5,8-9,13,15-17,19H2,1-2H3,(H,32,38)(H,33,37)/t20-/m1/s1. The van der Waals surface area contributed by atoms with Crippen molar-refractivity contribution in [2.75, 3.05) is 11.9 Å².